The topological polar surface area (TPSA) is 75.6 Å². The summed E-state index contributed by atoms with van der Waals surface area (Å²) in [6, 6.07) is 14.9. The molecule has 2 aromatic carbocycles. The lowest BCUT2D eigenvalue weighted by Crippen LogP contribution is -2.28. The Morgan fingerprint density at radius 1 is 1.17 bits per heavy atom. The fraction of sp³-hybridized carbons (Fsp3) is 0.263. The number of carboxylic acids is 1. The van der Waals surface area contributed by atoms with Crippen molar-refractivity contribution < 1.29 is 19.4 Å². The van der Waals surface area contributed by atoms with Crippen LogP contribution in [-0.4, -0.2) is 23.6 Å². The molecule has 0 atom stereocenters. The average molecular weight is 325 g/mol. The lowest BCUT2D eigenvalue weighted by Gasteiger charge is -2.17. The summed E-state index contributed by atoms with van der Waals surface area (Å²) in [5, 5.41) is 11.6. The first-order valence-corrected chi connectivity index (χ1v) is 7.83. The lowest BCUT2D eigenvalue weighted by molar-refractivity contribution is -0.139. The molecule has 0 aromatic heterocycles. The summed E-state index contributed by atoms with van der Waals surface area (Å²) in [7, 11) is 0. The molecule has 1 amide bonds. The molecular weight excluding hydrogens is 306 g/mol. The average Bonchev–Trinajstić information content (AvgIpc) is 3.38. The van der Waals surface area contributed by atoms with E-state index in [9.17, 15) is 9.59 Å². The third-order valence-corrected chi connectivity index (χ3v) is 4.32. The minimum absolute atomic E-state index is 0.00370. The molecule has 0 radical (unpaired) electrons. The van der Waals surface area contributed by atoms with E-state index in [-0.39, 0.29) is 12.5 Å². The normalized spacial score (nSPS) is 14.7. The highest BCUT2D eigenvalue weighted by atomic mass is 16.5. The lowest BCUT2D eigenvalue weighted by atomic mass is 9.95. The minimum atomic E-state index is -1.02. The summed E-state index contributed by atoms with van der Waals surface area (Å²) in [4.78, 5) is 23.3. The number of hydrogen-bond donors (Lipinski definition) is 2. The quantitative estimate of drug-likeness (QED) is 0.855. The smallest absolute Gasteiger partial charge is 0.341 e. The number of ether oxygens (including phenoxy) is 1. The molecule has 0 bridgehead atoms. The van der Waals surface area contributed by atoms with E-state index in [2.05, 4.69) is 5.32 Å². The number of anilines is 1. The first-order chi connectivity index (χ1) is 11.5. The van der Waals surface area contributed by atoms with Gasteiger partial charge in [-0.05, 0) is 49.1 Å². The second kappa shape index (κ2) is 6.35. The Balaban J connectivity index is 1.72. The molecule has 1 fully saturated rings. The van der Waals surface area contributed by atoms with Gasteiger partial charge >= 0.3 is 5.97 Å². The summed E-state index contributed by atoms with van der Waals surface area (Å²) in [5.74, 6) is -0.559. The van der Waals surface area contributed by atoms with Crippen molar-refractivity contribution in [3.8, 4) is 5.75 Å². The third kappa shape index (κ3) is 3.25. The van der Waals surface area contributed by atoms with Gasteiger partial charge in [-0.25, -0.2) is 4.79 Å². The van der Waals surface area contributed by atoms with Gasteiger partial charge < -0.3 is 15.2 Å². The molecule has 0 heterocycles. The molecular formula is C19H19NO4. The predicted octanol–water partition coefficient (Wildman–Crippen LogP) is 3.13. The van der Waals surface area contributed by atoms with Gasteiger partial charge in [0.15, 0.2) is 6.61 Å². The first kappa shape index (κ1) is 16.1. The van der Waals surface area contributed by atoms with Gasteiger partial charge in [0.1, 0.15) is 5.75 Å². The van der Waals surface area contributed by atoms with Crippen LogP contribution in [0.2, 0.25) is 0 Å². The summed E-state index contributed by atoms with van der Waals surface area (Å²) >= 11 is 0. The largest absolute Gasteiger partial charge is 0.482 e. The maximum atomic E-state index is 12.7. The predicted molar refractivity (Wildman–Crippen MR) is 90.3 cm³/mol. The van der Waals surface area contributed by atoms with Crippen LogP contribution < -0.4 is 10.1 Å². The highest BCUT2D eigenvalue weighted by molar-refractivity contribution is 6.01. The molecule has 0 aliphatic heterocycles. The zero-order valence-corrected chi connectivity index (χ0v) is 13.4. The molecule has 1 saturated carbocycles. The number of aryl methyl sites for hydroxylation is 1. The van der Waals surface area contributed by atoms with Crippen LogP contribution in [-0.2, 0) is 15.0 Å². The zero-order valence-electron chi connectivity index (χ0n) is 13.4. The van der Waals surface area contributed by atoms with Crippen molar-refractivity contribution in [3.05, 3.63) is 59.7 Å². The van der Waals surface area contributed by atoms with Gasteiger partial charge in [-0.2, -0.15) is 0 Å². The molecule has 1 aliphatic carbocycles. The number of amides is 1. The van der Waals surface area contributed by atoms with E-state index in [4.69, 9.17) is 9.84 Å². The van der Waals surface area contributed by atoms with E-state index in [1.54, 1.807) is 18.2 Å². The van der Waals surface area contributed by atoms with Gasteiger partial charge in [0.05, 0.1) is 5.41 Å². The van der Waals surface area contributed by atoms with Crippen LogP contribution in [0.4, 0.5) is 5.69 Å². The molecule has 0 spiro atoms. The van der Waals surface area contributed by atoms with Crippen LogP contribution in [0.25, 0.3) is 0 Å². The van der Waals surface area contributed by atoms with E-state index in [0.717, 1.165) is 24.0 Å². The Morgan fingerprint density at radius 3 is 2.46 bits per heavy atom. The van der Waals surface area contributed by atoms with Crippen molar-refractivity contribution in [2.45, 2.75) is 25.2 Å². The van der Waals surface area contributed by atoms with Crippen LogP contribution >= 0.6 is 0 Å². The maximum Gasteiger partial charge on any atom is 0.341 e. The highest BCUT2D eigenvalue weighted by Gasteiger charge is 2.51. The van der Waals surface area contributed by atoms with Gasteiger partial charge in [0, 0.05) is 5.69 Å². The summed E-state index contributed by atoms with van der Waals surface area (Å²) in [5.41, 5.74) is 2.16. The number of carbonyl (C=O) groups excluding carboxylic acids is 1. The molecule has 0 unspecified atom stereocenters. The third-order valence-electron chi connectivity index (χ3n) is 4.32. The van der Waals surface area contributed by atoms with Crippen molar-refractivity contribution in [2.75, 3.05) is 11.9 Å². The van der Waals surface area contributed by atoms with E-state index >= 15 is 0 Å². The van der Waals surface area contributed by atoms with Crippen LogP contribution in [0, 0.1) is 6.92 Å². The van der Waals surface area contributed by atoms with Crippen molar-refractivity contribution in [3.63, 3.8) is 0 Å². The van der Waals surface area contributed by atoms with E-state index in [1.807, 2.05) is 37.3 Å². The molecule has 24 heavy (non-hydrogen) atoms. The van der Waals surface area contributed by atoms with Crippen molar-refractivity contribution in [1.82, 2.24) is 0 Å². The van der Waals surface area contributed by atoms with Gasteiger partial charge in [-0.15, -0.1) is 0 Å². The number of carboxylic acid groups (broad SMARTS) is 1. The second-order valence-electron chi connectivity index (χ2n) is 6.06. The molecule has 1 aliphatic rings. The fourth-order valence-corrected chi connectivity index (χ4v) is 2.78. The minimum Gasteiger partial charge on any atom is -0.482 e. The Kier molecular flexibility index (Phi) is 4.25. The summed E-state index contributed by atoms with van der Waals surface area (Å²) in [6.45, 7) is 1.47. The Morgan fingerprint density at radius 2 is 1.88 bits per heavy atom. The van der Waals surface area contributed by atoms with Crippen LogP contribution in [0.5, 0.6) is 5.75 Å². The molecule has 2 N–H and O–H groups in total. The molecule has 3 rings (SSSR count). The molecule has 2 aromatic rings. The van der Waals surface area contributed by atoms with E-state index in [0.29, 0.717) is 11.4 Å². The van der Waals surface area contributed by atoms with Crippen LogP contribution in [0.1, 0.15) is 24.0 Å². The number of carbonyl (C=O) groups is 2. The highest BCUT2D eigenvalue weighted by Crippen LogP contribution is 2.49. The van der Waals surface area contributed by atoms with Gasteiger partial charge in [-0.1, -0.05) is 30.3 Å². The van der Waals surface area contributed by atoms with Gasteiger partial charge in [-0.3, -0.25) is 4.79 Å². The number of nitrogens with one attached hydrogen (secondary N) is 1. The number of rotatable bonds is 6. The summed E-state index contributed by atoms with van der Waals surface area (Å²) in [6.07, 6.45) is 1.70. The zero-order chi connectivity index (χ0) is 17.2. The van der Waals surface area contributed by atoms with E-state index in [1.165, 1.54) is 0 Å². The van der Waals surface area contributed by atoms with Crippen molar-refractivity contribution >= 4 is 17.6 Å². The Hall–Kier alpha value is -2.82. The number of aliphatic carboxylic acids is 1. The first-order valence-electron chi connectivity index (χ1n) is 7.83. The van der Waals surface area contributed by atoms with Gasteiger partial charge in [0.25, 0.3) is 0 Å². The van der Waals surface area contributed by atoms with Crippen LogP contribution in [0.3, 0.4) is 0 Å². The monoisotopic (exact) mass is 325 g/mol. The fourth-order valence-electron chi connectivity index (χ4n) is 2.78. The Labute approximate surface area is 140 Å². The number of benzene rings is 2. The molecule has 0 saturated heterocycles. The van der Waals surface area contributed by atoms with Crippen molar-refractivity contribution in [1.29, 1.82) is 0 Å². The van der Waals surface area contributed by atoms with Crippen LogP contribution in [0.15, 0.2) is 48.5 Å². The molecule has 5 nitrogen and oxygen atoms in total. The van der Waals surface area contributed by atoms with Crippen molar-refractivity contribution in [2.24, 2.45) is 0 Å². The van der Waals surface area contributed by atoms with Gasteiger partial charge in [0.2, 0.25) is 5.91 Å². The Bertz CT molecular complexity index is 766. The number of hydrogen-bond acceptors (Lipinski definition) is 3. The molecule has 5 heteroatoms. The SMILES string of the molecule is Cc1cc(OCC(=O)O)ccc1NC(=O)C1(c2ccccc2)CC1. The standard InChI is InChI=1S/C19H19NO4/c1-13-11-15(24-12-17(21)22)7-8-16(13)20-18(23)19(9-10-19)14-5-3-2-4-6-14/h2-8,11H,9-10,12H2,1H3,(H,20,23)(H,21,22). The second-order valence-corrected chi connectivity index (χ2v) is 6.06. The summed E-state index contributed by atoms with van der Waals surface area (Å²) < 4.78 is 5.14. The van der Waals surface area contributed by atoms with E-state index < -0.39 is 11.4 Å². The maximum absolute atomic E-state index is 12.7. The molecule has 124 valence electrons.